The Balaban J connectivity index is 1.63. The van der Waals surface area contributed by atoms with Crippen LogP contribution >= 0.6 is 0 Å². The molecule has 0 radical (unpaired) electrons. The summed E-state index contributed by atoms with van der Waals surface area (Å²) in [6.07, 6.45) is 4.90. The molecule has 3 rings (SSSR count). The first-order chi connectivity index (χ1) is 15.7. The first kappa shape index (κ1) is 24.9. The molecule has 33 heavy (non-hydrogen) atoms. The summed E-state index contributed by atoms with van der Waals surface area (Å²) in [6, 6.07) is 10.2. The van der Waals surface area contributed by atoms with Gasteiger partial charge in [0.25, 0.3) is 5.91 Å². The number of hydrogen-bond acceptors (Lipinski definition) is 5. The van der Waals surface area contributed by atoms with Crippen molar-refractivity contribution in [3.05, 3.63) is 53.6 Å². The SMILES string of the molecule is COc1cc(CNC(=O)c2ccc(S(=O)(=O)N(C)C3CCCCC3)cc2)ccc1OC(F)F. The van der Waals surface area contributed by atoms with Crippen LogP contribution in [0, 0.1) is 0 Å². The highest BCUT2D eigenvalue weighted by atomic mass is 32.2. The number of amides is 1. The highest BCUT2D eigenvalue weighted by molar-refractivity contribution is 7.89. The smallest absolute Gasteiger partial charge is 0.387 e. The van der Waals surface area contributed by atoms with Gasteiger partial charge >= 0.3 is 6.61 Å². The fourth-order valence-corrected chi connectivity index (χ4v) is 5.30. The van der Waals surface area contributed by atoms with Crippen LogP contribution in [0.2, 0.25) is 0 Å². The van der Waals surface area contributed by atoms with Crippen LogP contribution in [-0.2, 0) is 16.6 Å². The monoisotopic (exact) mass is 482 g/mol. The molecule has 1 fully saturated rings. The Hall–Kier alpha value is -2.72. The second kappa shape index (κ2) is 10.9. The van der Waals surface area contributed by atoms with Crippen LogP contribution in [0.3, 0.4) is 0 Å². The molecule has 0 heterocycles. The summed E-state index contributed by atoms with van der Waals surface area (Å²) in [6.45, 7) is -2.85. The third-order valence-corrected chi connectivity index (χ3v) is 7.70. The van der Waals surface area contributed by atoms with Crippen molar-refractivity contribution in [2.75, 3.05) is 14.2 Å². The standard InChI is InChI=1S/C23H28F2N2O5S/c1-27(18-6-4-3-5-7-18)33(29,30)19-11-9-17(10-12-19)22(28)26-15-16-8-13-20(32-23(24)25)21(14-16)31-2/h8-14,18,23H,3-7,15H2,1-2H3,(H,26,28). The van der Waals surface area contributed by atoms with Crippen LogP contribution in [0.4, 0.5) is 8.78 Å². The van der Waals surface area contributed by atoms with E-state index >= 15 is 0 Å². The van der Waals surface area contributed by atoms with E-state index < -0.39 is 22.5 Å². The summed E-state index contributed by atoms with van der Waals surface area (Å²) in [7, 11) is -0.695. The third kappa shape index (κ3) is 6.20. The number of rotatable bonds is 9. The molecular formula is C23H28F2N2O5S. The van der Waals surface area contributed by atoms with Crippen molar-refractivity contribution in [3.8, 4) is 11.5 Å². The fraction of sp³-hybridized carbons (Fsp3) is 0.435. The molecular weight excluding hydrogens is 454 g/mol. The van der Waals surface area contributed by atoms with Gasteiger partial charge in [-0.1, -0.05) is 25.3 Å². The van der Waals surface area contributed by atoms with E-state index in [0.717, 1.165) is 32.1 Å². The number of ether oxygens (including phenoxy) is 2. The summed E-state index contributed by atoms with van der Waals surface area (Å²) in [4.78, 5) is 12.6. The molecule has 7 nitrogen and oxygen atoms in total. The van der Waals surface area contributed by atoms with Gasteiger partial charge in [0.05, 0.1) is 12.0 Å². The predicted molar refractivity (Wildman–Crippen MR) is 119 cm³/mol. The first-order valence-corrected chi connectivity index (χ1v) is 12.1. The van der Waals surface area contributed by atoms with Gasteiger partial charge in [-0.15, -0.1) is 0 Å². The molecule has 10 heteroatoms. The minimum Gasteiger partial charge on any atom is -0.493 e. The third-order valence-electron chi connectivity index (χ3n) is 5.78. The Labute approximate surface area is 192 Å². The van der Waals surface area contributed by atoms with Gasteiger partial charge in [-0.25, -0.2) is 8.42 Å². The molecule has 0 atom stereocenters. The van der Waals surface area contributed by atoms with E-state index in [0.29, 0.717) is 11.1 Å². The van der Waals surface area contributed by atoms with E-state index in [-0.39, 0.29) is 29.0 Å². The lowest BCUT2D eigenvalue weighted by Crippen LogP contribution is -2.38. The normalized spacial score (nSPS) is 15.0. The van der Waals surface area contributed by atoms with Crippen molar-refractivity contribution in [2.24, 2.45) is 0 Å². The molecule has 0 spiro atoms. The predicted octanol–water partition coefficient (Wildman–Crippen LogP) is 4.18. The molecule has 1 saturated carbocycles. The Morgan fingerprint density at radius 2 is 1.76 bits per heavy atom. The maximum absolute atomic E-state index is 12.9. The van der Waals surface area contributed by atoms with E-state index in [9.17, 15) is 22.0 Å². The van der Waals surface area contributed by atoms with Crippen LogP contribution in [0.5, 0.6) is 11.5 Å². The lowest BCUT2D eigenvalue weighted by molar-refractivity contribution is -0.0512. The van der Waals surface area contributed by atoms with Gasteiger partial charge in [0, 0.05) is 25.2 Å². The molecule has 1 aliphatic rings. The van der Waals surface area contributed by atoms with Gasteiger partial charge < -0.3 is 14.8 Å². The lowest BCUT2D eigenvalue weighted by atomic mass is 9.96. The van der Waals surface area contributed by atoms with Gasteiger partial charge in [-0.05, 0) is 54.8 Å². The number of benzene rings is 2. The maximum Gasteiger partial charge on any atom is 0.387 e. The maximum atomic E-state index is 12.9. The second-order valence-electron chi connectivity index (χ2n) is 7.88. The zero-order valence-electron chi connectivity index (χ0n) is 18.6. The summed E-state index contributed by atoms with van der Waals surface area (Å²) in [5.74, 6) is -0.372. The Bertz CT molecular complexity index is 1060. The van der Waals surface area contributed by atoms with E-state index in [2.05, 4.69) is 10.1 Å². The topological polar surface area (TPSA) is 84.9 Å². The molecule has 0 saturated heterocycles. The summed E-state index contributed by atoms with van der Waals surface area (Å²) >= 11 is 0. The summed E-state index contributed by atoms with van der Waals surface area (Å²) in [5.41, 5.74) is 0.925. The van der Waals surface area contributed by atoms with Gasteiger partial charge in [0.1, 0.15) is 0 Å². The van der Waals surface area contributed by atoms with Crippen molar-refractivity contribution < 1.29 is 31.5 Å². The molecule has 1 aliphatic carbocycles. The van der Waals surface area contributed by atoms with Crippen molar-refractivity contribution >= 4 is 15.9 Å². The number of hydrogen-bond donors (Lipinski definition) is 1. The second-order valence-corrected chi connectivity index (χ2v) is 9.88. The van der Waals surface area contributed by atoms with Crippen molar-refractivity contribution in [2.45, 2.75) is 56.2 Å². The average molecular weight is 483 g/mol. The van der Waals surface area contributed by atoms with E-state index in [1.54, 1.807) is 7.05 Å². The van der Waals surface area contributed by atoms with E-state index in [4.69, 9.17) is 4.74 Å². The lowest BCUT2D eigenvalue weighted by Gasteiger charge is -2.30. The fourth-order valence-electron chi connectivity index (χ4n) is 3.89. The Morgan fingerprint density at radius 1 is 1.09 bits per heavy atom. The molecule has 0 aliphatic heterocycles. The van der Waals surface area contributed by atoms with Crippen LogP contribution in [-0.4, -0.2) is 45.4 Å². The van der Waals surface area contributed by atoms with Gasteiger partial charge in [0.15, 0.2) is 11.5 Å². The highest BCUT2D eigenvalue weighted by Crippen LogP contribution is 2.29. The Kier molecular flexibility index (Phi) is 8.25. The van der Waals surface area contributed by atoms with E-state index in [1.807, 2.05) is 0 Å². The number of sulfonamides is 1. The van der Waals surface area contributed by atoms with Gasteiger partial charge in [-0.2, -0.15) is 13.1 Å². The molecule has 0 aromatic heterocycles. The van der Waals surface area contributed by atoms with Crippen LogP contribution in [0.1, 0.15) is 48.0 Å². The molecule has 180 valence electrons. The summed E-state index contributed by atoms with van der Waals surface area (Å²) < 4.78 is 61.6. The zero-order valence-corrected chi connectivity index (χ0v) is 19.4. The molecule has 0 bridgehead atoms. The average Bonchev–Trinajstić information content (AvgIpc) is 2.83. The van der Waals surface area contributed by atoms with Gasteiger partial charge in [0.2, 0.25) is 10.0 Å². The minimum atomic E-state index is -3.63. The number of nitrogens with zero attached hydrogens (tertiary/aromatic N) is 1. The number of alkyl halides is 2. The van der Waals surface area contributed by atoms with Crippen LogP contribution < -0.4 is 14.8 Å². The first-order valence-electron chi connectivity index (χ1n) is 10.7. The Morgan fingerprint density at radius 3 is 2.36 bits per heavy atom. The minimum absolute atomic E-state index is 0.00111. The molecule has 2 aromatic carbocycles. The van der Waals surface area contributed by atoms with Crippen molar-refractivity contribution in [3.63, 3.8) is 0 Å². The van der Waals surface area contributed by atoms with Crippen molar-refractivity contribution in [1.82, 2.24) is 9.62 Å². The summed E-state index contributed by atoms with van der Waals surface area (Å²) in [5, 5.41) is 2.72. The number of carbonyl (C=O) groups excluding carboxylic acids is 1. The number of halogens is 2. The van der Waals surface area contributed by atoms with E-state index in [1.165, 1.54) is 53.9 Å². The highest BCUT2D eigenvalue weighted by Gasteiger charge is 2.29. The molecule has 0 unspecified atom stereocenters. The zero-order chi connectivity index (χ0) is 24.0. The molecule has 1 amide bonds. The quantitative estimate of drug-likeness (QED) is 0.580. The number of nitrogens with one attached hydrogen (secondary N) is 1. The van der Waals surface area contributed by atoms with Crippen LogP contribution in [0.15, 0.2) is 47.4 Å². The number of carbonyl (C=O) groups is 1. The van der Waals surface area contributed by atoms with Crippen LogP contribution in [0.25, 0.3) is 0 Å². The number of methoxy groups -OCH3 is 1. The van der Waals surface area contributed by atoms with Crippen molar-refractivity contribution in [1.29, 1.82) is 0 Å². The van der Waals surface area contributed by atoms with Gasteiger partial charge in [-0.3, -0.25) is 4.79 Å². The largest absolute Gasteiger partial charge is 0.493 e. The molecule has 2 aromatic rings. The molecule has 1 N–H and O–H groups in total.